The van der Waals surface area contributed by atoms with Crippen molar-refractivity contribution in [3.05, 3.63) is 59.8 Å². The summed E-state index contributed by atoms with van der Waals surface area (Å²) in [5.41, 5.74) is 3.41. The number of sulfonamides is 1. The number of carboxylic acid groups (broad SMARTS) is 1. The summed E-state index contributed by atoms with van der Waals surface area (Å²) in [7, 11) is 0.00977. The van der Waals surface area contributed by atoms with Crippen LogP contribution in [0.15, 0.2) is 46.9 Å². The molecule has 0 bridgehead atoms. The van der Waals surface area contributed by atoms with E-state index in [1.165, 1.54) is 16.7 Å². The number of rotatable bonds is 10. The molecule has 1 aliphatic rings. The standard InChI is InChI=1S/C29H35FN8O4S2/c1-18(15-37-10-12-38(13-11-37)44(41,42)27-19(2)34-28(43-27)35-29(39)40)33-26-23-7-5-6-22(25(23)31-17-32-26)20-8-9-24(30)21(14-20)16-36(3)4/h5-9,14,17-18H,10-13,15-16H2,1-4H3,(H,34,35)(H,39,40)(H,31,32,33)/t18-/m0/s1. The Morgan fingerprint density at radius 2 is 1.91 bits per heavy atom. The third-order valence-electron chi connectivity index (χ3n) is 7.30. The molecule has 44 heavy (non-hydrogen) atoms. The molecule has 5 rings (SSSR count). The molecule has 234 valence electrons. The minimum atomic E-state index is -3.80. The first kappa shape index (κ1) is 31.7. The number of halogens is 1. The number of hydrogen-bond acceptors (Lipinski definition) is 10. The van der Waals surface area contributed by atoms with Gasteiger partial charge in [-0.15, -0.1) is 0 Å². The van der Waals surface area contributed by atoms with E-state index in [4.69, 9.17) is 5.11 Å². The fraction of sp³-hybridized carbons (Fsp3) is 0.379. The second kappa shape index (κ2) is 13.1. The molecule has 1 amide bonds. The highest BCUT2D eigenvalue weighted by Gasteiger charge is 2.32. The number of para-hydroxylation sites is 1. The molecule has 15 heteroatoms. The lowest BCUT2D eigenvalue weighted by Gasteiger charge is -2.35. The van der Waals surface area contributed by atoms with Crippen LogP contribution < -0.4 is 10.6 Å². The summed E-state index contributed by atoms with van der Waals surface area (Å²) in [6, 6.07) is 11.0. The van der Waals surface area contributed by atoms with Crippen LogP contribution in [0.25, 0.3) is 22.0 Å². The first-order valence-corrected chi connectivity index (χ1v) is 16.3. The maximum Gasteiger partial charge on any atom is 0.410 e. The van der Waals surface area contributed by atoms with Gasteiger partial charge in [-0.25, -0.2) is 32.6 Å². The number of amides is 1. The molecule has 2 aromatic carbocycles. The van der Waals surface area contributed by atoms with Gasteiger partial charge in [-0.3, -0.25) is 10.2 Å². The number of fused-ring (bicyclic) bond motifs is 1. The Labute approximate surface area is 259 Å². The lowest BCUT2D eigenvalue weighted by atomic mass is 9.99. The van der Waals surface area contributed by atoms with Gasteiger partial charge in [0, 0.05) is 61.8 Å². The molecule has 3 heterocycles. The molecule has 0 aliphatic carbocycles. The minimum Gasteiger partial charge on any atom is -0.465 e. The molecule has 1 atom stereocenters. The second-order valence-corrected chi connectivity index (χ2v) is 14.2. The third-order valence-corrected chi connectivity index (χ3v) is 10.9. The zero-order valence-electron chi connectivity index (χ0n) is 24.9. The zero-order chi connectivity index (χ0) is 31.6. The van der Waals surface area contributed by atoms with Crippen LogP contribution in [0.3, 0.4) is 0 Å². The van der Waals surface area contributed by atoms with Gasteiger partial charge < -0.3 is 15.3 Å². The van der Waals surface area contributed by atoms with E-state index in [1.807, 2.05) is 50.2 Å². The largest absolute Gasteiger partial charge is 0.465 e. The highest BCUT2D eigenvalue weighted by molar-refractivity contribution is 7.91. The molecular formula is C29H35FN8O4S2. The molecule has 0 unspecified atom stereocenters. The Morgan fingerprint density at radius 3 is 2.61 bits per heavy atom. The Morgan fingerprint density at radius 1 is 1.16 bits per heavy atom. The number of hydrogen-bond donors (Lipinski definition) is 3. The van der Waals surface area contributed by atoms with E-state index in [2.05, 4.69) is 30.5 Å². The number of carbonyl (C=O) groups is 1. The SMILES string of the molecule is Cc1nc(NC(=O)O)sc1S(=O)(=O)N1CCN(C[C@H](C)Nc2ncnc3c(-c4ccc(F)c(CN(C)C)c4)cccc23)CC1. The molecule has 1 aliphatic heterocycles. The fourth-order valence-corrected chi connectivity index (χ4v) is 8.30. The number of anilines is 2. The fourth-order valence-electron chi connectivity index (χ4n) is 5.34. The number of aromatic nitrogens is 3. The number of nitrogens with zero attached hydrogens (tertiary/aromatic N) is 6. The van der Waals surface area contributed by atoms with Gasteiger partial charge in [0.05, 0.1) is 11.2 Å². The summed E-state index contributed by atoms with van der Waals surface area (Å²) in [6.45, 7) is 6.45. The highest BCUT2D eigenvalue weighted by Crippen LogP contribution is 2.32. The van der Waals surface area contributed by atoms with Crippen molar-refractivity contribution < 1.29 is 22.7 Å². The maximum atomic E-state index is 14.5. The van der Waals surface area contributed by atoms with Gasteiger partial charge in [0.2, 0.25) is 0 Å². The summed E-state index contributed by atoms with van der Waals surface area (Å²) in [5, 5.41) is 15.4. The topological polar surface area (TPSA) is 144 Å². The lowest BCUT2D eigenvalue weighted by molar-refractivity contribution is 0.184. The molecule has 0 radical (unpaired) electrons. The van der Waals surface area contributed by atoms with Crippen LogP contribution in [0.2, 0.25) is 0 Å². The number of nitrogens with one attached hydrogen (secondary N) is 2. The summed E-state index contributed by atoms with van der Waals surface area (Å²) >= 11 is 0.818. The lowest BCUT2D eigenvalue weighted by Crippen LogP contribution is -2.50. The monoisotopic (exact) mass is 642 g/mol. The molecular weight excluding hydrogens is 608 g/mol. The average Bonchev–Trinajstić information content (AvgIpc) is 3.34. The molecule has 0 spiro atoms. The van der Waals surface area contributed by atoms with Crippen molar-refractivity contribution in [3.8, 4) is 11.1 Å². The van der Waals surface area contributed by atoms with Gasteiger partial charge in [-0.1, -0.05) is 29.5 Å². The van der Waals surface area contributed by atoms with Crippen LogP contribution in [0.5, 0.6) is 0 Å². The molecule has 2 aromatic heterocycles. The van der Waals surface area contributed by atoms with Crippen LogP contribution >= 0.6 is 11.3 Å². The smallest absolute Gasteiger partial charge is 0.410 e. The van der Waals surface area contributed by atoms with Crippen molar-refractivity contribution in [2.75, 3.05) is 57.5 Å². The van der Waals surface area contributed by atoms with Crippen LogP contribution in [-0.4, -0.2) is 102 Å². The molecule has 1 saturated heterocycles. The van der Waals surface area contributed by atoms with Crippen molar-refractivity contribution in [2.45, 2.75) is 30.6 Å². The summed E-state index contributed by atoms with van der Waals surface area (Å²) in [4.78, 5) is 28.2. The summed E-state index contributed by atoms with van der Waals surface area (Å²) < 4.78 is 42.5. The highest BCUT2D eigenvalue weighted by atomic mass is 32.2. The van der Waals surface area contributed by atoms with Gasteiger partial charge in [0.25, 0.3) is 10.0 Å². The van der Waals surface area contributed by atoms with Gasteiger partial charge in [0.15, 0.2) is 9.34 Å². The van der Waals surface area contributed by atoms with Crippen molar-refractivity contribution in [3.63, 3.8) is 0 Å². The predicted octanol–water partition coefficient (Wildman–Crippen LogP) is 4.16. The molecule has 12 nitrogen and oxygen atoms in total. The van der Waals surface area contributed by atoms with E-state index >= 15 is 0 Å². The van der Waals surface area contributed by atoms with Gasteiger partial charge in [-0.05, 0) is 51.7 Å². The minimum absolute atomic E-state index is 0.00850. The number of piperazine rings is 1. The molecule has 0 saturated carbocycles. The number of aryl methyl sites for hydroxylation is 1. The van der Waals surface area contributed by atoms with Gasteiger partial charge >= 0.3 is 6.09 Å². The zero-order valence-corrected chi connectivity index (χ0v) is 26.5. The quantitative estimate of drug-likeness (QED) is 0.231. The Hall–Kier alpha value is -3.76. The first-order chi connectivity index (χ1) is 20.9. The third kappa shape index (κ3) is 6.97. The van der Waals surface area contributed by atoms with Crippen molar-refractivity contribution in [1.29, 1.82) is 0 Å². The predicted molar refractivity (Wildman–Crippen MR) is 169 cm³/mol. The van der Waals surface area contributed by atoms with Crippen molar-refractivity contribution in [1.82, 2.24) is 29.1 Å². The van der Waals surface area contributed by atoms with Crippen molar-refractivity contribution >= 4 is 49.3 Å². The van der Waals surface area contributed by atoms with E-state index in [1.54, 1.807) is 13.0 Å². The molecule has 1 fully saturated rings. The van der Waals surface area contributed by atoms with E-state index in [0.29, 0.717) is 50.6 Å². The van der Waals surface area contributed by atoms with E-state index in [9.17, 15) is 17.6 Å². The van der Waals surface area contributed by atoms with Crippen LogP contribution in [0.4, 0.5) is 20.1 Å². The average molecular weight is 643 g/mol. The maximum absolute atomic E-state index is 14.5. The van der Waals surface area contributed by atoms with Crippen LogP contribution in [-0.2, 0) is 16.6 Å². The number of thiazole rings is 1. The van der Waals surface area contributed by atoms with Gasteiger partial charge in [0.1, 0.15) is 18.0 Å². The first-order valence-electron chi connectivity index (χ1n) is 14.1. The van der Waals surface area contributed by atoms with Crippen LogP contribution in [0.1, 0.15) is 18.2 Å². The van der Waals surface area contributed by atoms with E-state index in [-0.39, 0.29) is 26.9 Å². The Kier molecular flexibility index (Phi) is 9.41. The molecule has 4 aromatic rings. The molecule has 3 N–H and O–H groups in total. The van der Waals surface area contributed by atoms with E-state index < -0.39 is 16.1 Å². The van der Waals surface area contributed by atoms with Gasteiger partial charge in [-0.2, -0.15) is 4.31 Å². The second-order valence-electron chi connectivity index (χ2n) is 11.0. The Balaban J connectivity index is 1.25. The number of benzene rings is 2. The summed E-state index contributed by atoms with van der Waals surface area (Å²) in [5.74, 6) is 0.445. The van der Waals surface area contributed by atoms with E-state index in [0.717, 1.165) is 33.4 Å². The Bertz CT molecular complexity index is 1770. The van der Waals surface area contributed by atoms with Crippen LogP contribution in [0, 0.1) is 12.7 Å². The normalized spacial score (nSPS) is 15.5. The summed E-state index contributed by atoms with van der Waals surface area (Å²) in [6.07, 6.45) is 0.227. The van der Waals surface area contributed by atoms with Crippen molar-refractivity contribution in [2.24, 2.45) is 0 Å².